The Balaban J connectivity index is 2.07. The summed E-state index contributed by atoms with van der Waals surface area (Å²) in [6.45, 7) is 9.15. The van der Waals surface area contributed by atoms with Crippen LogP contribution in [-0.4, -0.2) is 32.7 Å². The highest BCUT2D eigenvalue weighted by atomic mass is 32.2. The number of rotatable bonds is 4. The molecule has 6 nitrogen and oxygen atoms in total. The second-order valence-corrected chi connectivity index (χ2v) is 8.30. The van der Waals surface area contributed by atoms with Crippen molar-refractivity contribution in [2.45, 2.75) is 50.6 Å². The van der Waals surface area contributed by atoms with Gasteiger partial charge in [0.15, 0.2) is 5.16 Å². The maximum absolute atomic E-state index is 12.2. The van der Waals surface area contributed by atoms with Crippen molar-refractivity contribution in [3.05, 3.63) is 42.1 Å². The molecule has 26 heavy (non-hydrogen) atoms. The lowest BCUT2D eigenvalue weighted by atomic mass is 10.1. The third-order valence-electron chi connectivity index (χ3n) is 3.28. The van der Waals surface area contributed by atoms with Gasteiger partial charge in [-0.05, 0) is 40.7 Å². The van der Waals surface area contributed by atoms with Gasteiger partial charge in [-0.3, -0.25) is 10.1 Å². The molecule has 2 aromatic rings. The van der Waals surface area contributed by atoms with Crippen molar-refractivity contribution in [2.24, 2.45) is 0 Å². The van der Waals surface area contributed by atoms with Crippen LogP contribution >= 0.6 is 11.8 Å². The van der Waals surface area contributed by atoms with Crippen LogP contribution in [0.1, 0.15) is 33.4 Å². The number of hydrogen-bond donors (Lipinski definition) is 2. The molecule has 1 aromatic heterocycles. The van der Waals surface area contributed by atoms with Crippen molar-refractivity contribution in [1.29, 1.82) is 0 Å². The van der Waals surface area contributed by atoms with Crippen LogP contribution in [0.3, 0.4) is 0 Å². The van der Waals surface area contributed by atoms with Crippen molar-refractivity contribution in [3.8, 4) is 11.3 Å². The molecule has 0 bridgehead atoms. The molecule has 1 aromatic carbocycles. The van der Waals surface area contributed by atoms with Crippen LogP contribution in [0.15, 0.2) is 41.6 Å². The molecule has 1 atom stereocenters. The molecule has 2 N–H and O–H groups in total. The minimum Gasteiger partial charge on any atom is -0.333 e. The van der Waals surface area contributed by atoms with Crippen molar-refractivity contribution in [2.75, 3.05) is 0 Å². The van der Waals surface area contributed by atoms with Gasteiger partial charge >= 0.3 is 6.03 Å². The summed E-state index contributed by atoms with van der Waals surface area (Å²) in [6, 6.07) is 11.2. The SMILES string of the molecule is Cc1cc(-c2ccccc2)nc(S[C@@H](C)C(=O)NC(=O)NC(C)(C)C)n1. The Morgan fingerprint density at radius 1 is 1.12 bits per heavy atom. The quantitative estimate of drug-likeness (QED) is 0.633. The van der Waals surface area contributed by atoms with Crippen molar-refractivity contribution < 1.29 is 9.59 Å². The van der Waals surface area contributed by atoms with Gasteiger partial charge in [-0.15, -0.1) is 0 Å². The molecule has 0 aliphatic carbocycles. The van der Waals surface area contributed by atoms with Crippen LogP contribution in [0, 0.1) is 6.92 Å². The molecule has 0 spiro atoms. The maximum atomic E-state index is 12.2. The summed E-state index contributed by atoms with van der Waals surface area (Å²) in [5.74, 6) is -0.386. The molecule has 0 unspecified atom stereocenters. The van der Waals surface area contributed by atoms with E-state index in [-0.39, 0.29) is 5.91 Å². The van der Waals surface area contributed by atoms with E-state index in [2.05, 4.69) is 20.6 Å². The lowest BCUT2D eigenvalue weighted by Gasteiger charge is -2.21. The Bertz CT molecular complexity index is 788. The Labute approximate surface area is 158 Å². The largest absolute Gasteiger partial charge is 0.333 e. The van der Waals surface area contributed by atoms with Crippen LogP contribution in [0.25, 0.3) is 11.3 Å². The average molecular weight is 372 g/mol. The second kappa shape index (κ2) is 8.31. The van der Waals surface area contributed by atoms with E-state index in [1.807, 2.05) is 64.1 Å². The van der Waals surface area contributed by atoms with Gasteiger partial charge in [-0.1, -0.05) is 42.1 Å². The molecule has 0 saturated carbocycles. The molecule has 2 rings (SSSR count). The van der Waals surface area contributed by atoms with Crippen LogP contribution in [0.5, 0.6) is 0 Å². The fourth-order valence-electron chi connectivity index (χ4n) is 2.15. The molecule has 138 valence electrons. The fourth-order valence-corrected chi connectivity index (χ4v) is 2.98. The van der Waals surface area contributed by atoms with Crippen LogP contribution in [0.4, 0.5) is 4.79 Å². The van der Waals surface area contributed by atoms with Crippen molar-refractivity contribution in [1.82, 2.24) is 20.6 Å². The first kappa shape index (κ1) is 19.9. The zero-order chi connectivity index (χ0) is 19.3. The lowest BCUT2D eigenvalue weighted by molar-refractivity contribution is -0.119. The Morgan fingerprint density at radius 2 is 1.77 bits per heavy atom. The molecule has 0 fully saturated rings. The molecule has 1 heterocycles. The lowest BCUT2D eigenvalue weighted by Crippen LogP contribution is -2.49. The van der Waals surface area contributed by atoms with Gasteiger partial charge in [0.1, 0.15) is 0 Å². The summed E-state index contributed by atoms with van der Waals surface area (Å²) in [6.07, 6.45) is 0. The first-order valence-corrected chi connectivity index (χ1v) is 9.23. The number of carbonyl (C=O) groups is 2. The van der Waals surface area contributed by atoms with Gasteiger partial charge in [0.05, 0.1) is 10.9 Å². The highest BCUT2D eigenvalue weighted by molar-refractivity contribution is 8.00. The Morgan fingerprint density at radius 3 is 2.38 bits per heavy atom. The Kier molecular flexibility index (Phi) is 6.37. The standard InChI is InChI=1S/C19H24N4O2S/c1-12-11-15(14-9-7-6-8-10-14)21-18(20-12)26-13(2)16(24)22-17(25)23-19(3,4)5/h6-11,13H,1-5H3,(H2,22,23,24,25)/t13-/m0/s1. The maximum Gasteiger partial charge on any atom is 0.321 e. The summed E-state index contributed by atoms with van der Waals surface area (Å²) < 4.78 is 0. The third kappa shape index (κ3) is 6.15. The average Bonchev–Trinajstić information content (AvgIpc) is 2.53. The molecular formula is C19H24N4O2S. The summed E-state index contributed by atoms with van der Waals surface area (Å²) in [4.78, 5) is 33.0. The van der Waals surface area contributed by atoms with Gasteiger partial charge in [-0.25, -0.2) is 14.8 Å². The summed E-state index contributed by atoms with van der Waals surface area (Å²) in [5, 5.41) is 5.04. The summed E-state index contributed by atoms with van der Waals surface area (Å²) in [7, 11) is 0. The van der Waals surface area contributed by atoms with Crippen LogP contribution in [0.2, 0.25) is 0 Å². The van der Waals surface area contributed by atoms with E-state index in [0.717, 1.165) is 17.0 Å². The summed E-state index contributed by atoms with van der Waals surface area (Å²) in [5.41, 5.74) is 2.20. The Hall–Kier alpha value is -2.41. The van der Waals surface area contributed by atoms with Gasteiger partial charge in [0.2, 0.25) is 5.91 Å². The number of hydrogen-bond acceptors (Lipinski definition) is 5. The topological polar surface area (TPSA) is 84.0 Å². The zero-order valence-electron chi connectivity index (χ0n) is 15.7. The molecule has 3 amide bonds. The van der Waals surface area contributed by atoms with E-state index in [9.17, 15) is 9.59 Å². The minimum absolute atomic E-state index is 0.386. The fraction of sp³-hybridized carbons (Fsp3) is 0.368. The molecule has 0 radical (unpaired) electrons. The molecule has 7 heteroatoms. The monoisotopic (exact) mass is 372 g/mol. The molecule has 0 aliphatic rings. The normalized spacial score (nSPS) is 12.3. The van der Waals surface area contributed by atoms with E-state index < -0.39 is 16.8 Å². The number of benzene rings is 1. The van der Waals surface area contributed by atoms with Gasteiger partial charge in [0, 0.05) is 16.8 Å². The van der Waals surface area contributed by atoms with E-state index in [0.29, 0.717) is 5.16 Å². The number of aromatic nitrogens is 2. The number of urea groups is 1. The first-order chi connectivity index (χ1) is 12.1. The molecule has 0 aliphatic heterocycles. The number of nitrogens with zero attached hydrogens (tertiary/aromatic N) is 2. The van der Waals surface area contributed by atoms with E-state index in [4.69, 9.17) is 0 Å². The van der Waals surface area contributed by atoms with Gasteiger partial charge in [0.25, 0.3) is 0 Å². The van der Waals surface area contributed by atoms with E-state index in [1.165, 1.54) is 11.8 Å². The first-order valence-electron chi connectivity index (χ1n) is 8.35. The number of imide groups is 1. The van der Waals surface area contributed by atoms with Crippen LogP contribution in [-0.2, 0) is 4.79 Å². The predicted molar refractivity (Wildman–Crippen MR) is 104 cm³/mol. The smallest absolute Gasteiger partial charge is 0.321 e. The van der Waals surface area contributed by atoms with Crippen molar-refractivity contribution >= 4 is 23.7 Å². The van der Waals surface area contributed by atoms with Crippen LogP contribution < -0.4 is 10.6 Å². The predicted octanol–water partition coefficient (Wildman–Crippen LogP) is 3.56. The highest BCUT2D eigenvalue weighted by Crippen LogP contribution is 2.24. The number of thioether (sulfide) groups is 1. The number of aryl methyl sites for hydroxylation is 1. The van der Waals surface area contributed by atoms with Gasteiger partial charge < -0.3 is 5.32 Å². The number of nitrogens with one attached hydrogen (secondary N) is 2. The zero-order valence-corrected chi connectivity index (χ0v) is 16.5. The van der Waals surface area contributed by atoms with E-state index in [1.54, 1.807) is 6.92 Å². The minimum atomic E-state index is -0.509. The number of amides is 3. The number of carbonyl (C=O) groups excluding carboxylic acids is 2. The molecular weight excluding hydrogens is 348 g/mol. The van der Waals surface area contributed by atoms with Crippen molar-refractivity contribution in [3.63, 3.8) is 0 Å². The second-order valence-electron chi connectivity index (χ2n) is 7.00. The summed E-state index contributed by atoms with van der Waals surface area (Å²) >= 11 is 1.22. The van der Waals surface area contributed by atoms with E-state index >= 15 is 0 Å². The third-order valence-corrected chi connectivity index (χ3v) is 4.24. The molecule has 0 saturated heterocycles. The highest BCUT2D eigenvalue weighted by Gasteiger charge is 2.21. The van der Waals surface area contributed by atoms with Gasteiger partial charge in [-0.2, -0.15) is 0 Å².